The molecule has 0 unspecified atom stereocenters. The molecule has 1 heterocycles. The number of aromatic nitrogens is 2. The normalized spacial score (nSPS) is 10.4. The number of hydrogen-bond donors (Lipinski definition) is 1. The standard InChI is InChI=1S/C19H19N3O4/c1-13-21-19(22-26-13)15-5-9-17(10-6-15)25-12-18(23)20-11-14-3-7-16(24-2)8-4-14/h3-10H,11-12H2,1-2H3,(H,20,23). The predicted molar refractivity (Wildman–Crippen MR) is 94.8 cm³/mol. The molecule has 134 valence electrons. The van der Waals surface area contributed by atoms with Gasteiger partial charge in [0.15, 0.2) is 6.61 Å². The van der Waals surface area contributed by atoms with Gasteiger partial charge < -0.3 is 19.3 Å². The molecule has 7 nitrogen and oxygen atoms in total. The fourth-order valence-electron chi connectivity index (χ4n) is 2.26. The van der Waals surface area contributed by atoms with E-state index < -0.39 is 0 Å². The van der Waals surface area contributed by atoms with E-state index in [0.29, 0.717) is 24.0 Å². The van der Waals surface area contributed by atoms with Crippen molar-refractivity contribution in [2.75, 3.05) is 13.7 Å². The summed E-state index contributed by atoms with van der Waals surface area (Å²) in [5.74, 6) is 2.20. The van der Waals surface area contributed by atoms with Crippen molar-refractivity contribution < 1.29 is 18.8 Å². The predicted octanol–water partition coefficient (Wildman–Crippen LogP) is 2.75. The molecule has 1 aromatic heterocycles. The van der Waals surface area contributed by atoms with Crippen LogP contribution in [0.1, 0.15) is 11.5 Å². The van der Waals surface area contributed by atoms with Crippen molar-refractivity contribution in [3.8, 4) is 22.9 Å². The molecule has 0 radical (unpaired) electrons. The molecular formula is C19H19N3O4. The summed E-state index contributed by atoms with van der Waals surface area (Å²) < 4.78 is 15.5. The van der Waals surface area contributed by atoms with E-state index in [-0.39, 0.29) is 12.5 Å². The molecule has 0 aliphatic rings. The van der Waals surface area contributed by atoms with Crippen LogP contribution in [0.5, 0.6) is 11.5 Å². The first-order valence-electron chi connectivity index (χ1n) is 8.07. The van der Waals surface area contributed by atoms with Crippen molar-refractivity contribution in [3.63, 3.8) is 0 Å². The molecular weight excluding hydrogens is 334 g/mol. The van der Waals surface area contributed by atoms with Crippen LogP contribution in [0.4, 0.5) is 0 Å². The third-order valence-electron chi connectivity index (χ3n) is 3.66. The van der Waals surface area contributed by atoms with Crippen LogP contribution in [-0.2, 0) is 11.3 Å². The van der Waals surface area contributed by atoms with E-state index in [9.17, 15) is 4.79 Å². The van der Waals surface area contributed by atoms with Crippen molar-refractivity contribution in [1.82, 2.24) is 15.5 Å². The maximum atomic E-state index is 11.9. The Kier molecular flexibility index (Phi) is 5.48. The van der Waals surface area contributed by atoms with E-state index >= 15 is 0 Å². The van der Waals surface area contributed by atoms with Crippen molar-refractivity contribution in [1.29, 1.82) is 0 Å². The highest BCUT2D eigenvalue weighted by Gasteiger charge is 2.07. The van der Waals surface area contributed by atoms with Gasteiger partial charge in [-0.2, -0.15) is 4.98 Å². The minimum Gasteiger partial charge on any atom is -0.497 e. The first-order chi connectivity index (χ1) is 12.6. The van der Waals surface area contributed by atoms with E-state index in [0.717, 1.165) is 16.9 Å². The molecule has 0 aliphatic heterocycles. The number of rotatable bonds is 7. The average molecular weight is 353 g/mol. The lowest BCUT2D eigenvalue weighted by molar-refractivity contribution is -0.123. The number of benzene rings is 2. The number of ether oxygens (including phenoxy) is 2. The fraction of sp³-hybridized carbons (Fsp3) is 0.211. The van der Waals surface area contributed by atoms with E-state index in [4.69, 9.17) is 14.0 Å². The van der Waals surface area contributed by atoms with Crippen LogP contribution < -0.4 is 14.8 Å². The molecule has 3 rings (SSSR count). The second-order valence-electron chi connectivity index (χ2n) is 5.57. The fourth-order valence-corrected chi connectivity index (χ4v) is 2.26. The van der Waals surface area contributed by atoms with Gasteiger partial charge in [0.05, 0.1) is 7.11 Å². The van der Waals surface area contributed by atoms with E-state index in [1.807, 2.05) is 36.4 Å². The minimum atomic E-state index is -0.196. The molecule has 0 atom stereocenters. The molecule has 0 bridgehead atoms. The summed E-state index contributed by atoms with van der Waals surface area (Å²) in [6.07, 6.45) is 0. The number of amides is 1. The van der Waals surface area contributed by atoms with Gasteiger partial charge in [-0.25, -0.2) is 0 Å². The van der Waals surface area contributed by atoms with Crippen LogP contribution in [0.15, 0.2) is 53.1 Å². The zero-order valence-corrected chi connectivity index (χ0v) is 14.6. The Morgan fingerprint density at radius 1 is 1.08 bits per heavy atom. The topological polar surface area (TPSA) is 86.5 Å². The summed E-state index contributed by atoms with van der Waals surface area (Å²) in [4.78, 5) is 16.1. The smallest absolute Gasteiger partial charge is 0.258 e. The van der Waals surface area contributed by atoms with Crippen LogP contribution in [0.25, 0.3) is 11.4 Å². The van der Waals surface area contributed by atoms with Crippen molar-refractivity contribution >= 4 is 5.91 Å². The van der Waals surface area contributed by atoms with Crippen LogP contribution in [0, 0.1) is 6.92 Å². The van der Waals surface area contributed by atoms with Crippen LogP contribution in [-0.4, -0.2) is 29.8 Å². The highest BCUT2D eigenvalue weighted by molar-refractivity contribution is 5.77. The van der Waals surface area contributed by atoms with E-state index in [1.54, 1.807) is 26.2 Å². The summed E-state index contributed by atoms with van der Waals surface area (Å²) in [5, 5.41) is 6.66. The molecule has 2 aromatic carbocycles. The maximum Gasteiger partial charge on any atom is 0.258 e. The minimum absolute atomic E-state index is 0.0587. The maximum absolute atomic E-state index is 11.9. The second kappa shape index (κ2) is 8.15. The SMILES string of the molecule is COc1ccc(CNC(=O)COc2ccc(-c3noc(C)n3)cc2)cc1. The summed E-state index contributed by atoms with van der Waals surface area (Å²) in [7, 11) is 1.61. The van der Waals surface area contributed by atoms with Crippen molar-refractivity contribution in [2.24, 2.45) is 0 Å². The van der Waals surface area contributed by atoms with Crippen LogP contribution in [0.3, 0.4) is 0 Å². The second-order valence-corrected chi connectivity index (χ2v) is 5.57. The third-order valence-corrected chi connectivity index (χ3v) is 3.66. The number of nitrogens with zero attached hydrogens (tertiary/aromatic N) is 2. The molecule has 0 saturated heterocycles. The van der Waals surface area contributed by atoms with Crippen molar-refractivity contribution in [3.05, 3.63) is 60.0 Å². The zero-order chi connectivity index (χ0) is 18.4. The first-order valence-corrected chi connectivity index (χ1v) is 8.07. The molecule has 0 spiro atoms. The van der Waals surface area contributed by atoms with Crippen molar-refractivity contribution in [2.45, 2.75) is 13.5 Å². The van der Waals surface area contributed by atoms with Gasteiger partial charge in [0.25, 0.3) is 5.91 Å². The Labute approximate surface area is 150 Å². The summed E-state index contributed by atoms with van der Waals surface area (Å²) in [6.45, 7) is 2.11. The van der Waals surface area contributed by atoms with Crippen LogP contribution in [0.2, 0.25) is 0 Å². The molecule has 1 amide bonds. The van der Waals surface area contributed by atoms with Gasteiger partial charge in [-0.05, 0) is 42.0 Å². The summed E-state index contributed by atoms with van der Waals surface area (Å²) >= 11 is 0. The van der Waals surface area contributed by atoms with Gasteiger partial charge in [0.2, 0.25) is 11.7 Å². The Bertz CT molecular complexity index is 857. The quantitative estimate of drug-likeness (QED) is 0.703. The average Bonchev–Trinajstić information content (AvgIpc) is 3.12. The lowest BCUT2D eigenvalue weighted by atomic mass is 10.2. The van der Waals surface area contributed by atoms with Gasteiger partial charge in [-0.15, -0.1) is 0 Å². The number of nitrogens with one attached hydrogen (secondary N) is 1. The largest absolute Gasteiger partial charge is 0.497 e. The Morgan fingerprint density at radius 3 is 2.38 bits per heavy atom. The Morgan fingerprint density at radius 2 is 1.77 bits per heavy atom. The third kappa shape index (κ3) is 4.60. The molecule has 0 fully saturated rings. The monoisotopic (exact) mass is 353 g/mol. The Balaban J connectivity index is 1.46. The lowest BCUT2D eigenvalue weighted by Gasteiger charge is -2.08. The molecule has 0 saturated carbocycles. The number of aryl methyl sites for hydroxylation is 1. The van der Waals surface area contributed by atoms with Crippen LogP contribution >= 0.6 is 0 Å². The summed E-state index contributed by atoms with van der Waals surface area (Å²) in [5.41, 5.74) is 1.80. The Hall–Kier alpha value is -3.35. The molecule has 1 N–H and O–H groups in total. The highest BCUT2D eigenvalue weighted by atomic mass is 16.5. The molecule has 3 aromatic rings. The molecule has 0 aliphatic carbocycles. The number of methoxy groups -OCH3 is 1. The van der Waals surface area contributed by atoms with Gasteiger partial charge in [0.1, 0.15) is 11.5 Å². The number of carbonyl (C=O) groups is 1. The molecule has 26 heavy (non-hydrogen) atoms. The summed E-state index contributed by atoms with van der Waals surface area (Å²) in [6, 6.07) is 14.7. The highest BCUT2D eigenvalue weighted by Crippen LogP contribution is 2.19. The van der Waals surface area contributed by atoms with E-state index in [1.165, 1.54) is 0 Å². The van der Waals surface area contributed by atoms with Gasteiger partial charge in [-0.1, -0.05) is 17.3 Å². The zero-order valence-electron chi connectivity index (χ0n) is 14.6. The lowest BCUT2D eigenvalue weighted by Crippen LogP contribution is -2.28. The van der Waals surface area contributed by atoms with Gasteiger partial charge in [0, 0.05) is 19.0 Å². The number of carbonyl (C=O) groups excluding carboxylic acids is 1. The molecule has 7 heteroatoms. The van der Waals surface area contributed by atoms with Gasteiger partial charge >= 0.3 is 0 Å². The first kappa shape index (κ1) is 17.5. The van der Waals surface area contributed by atoms with Gasteiger partial charge in [-0.3, -0.25) is 4.79 Å². The van der Waals surface area contributed by atoms with E-state index in [2.05, 4.69) is 15.5 Å². The number of hydrogen-bond acceptors (Lipinski definition) is 6.